The van der Waals surface area contributed by atoms with Gasteiger partial charge in [-0.15, -0.1) is 0 Å². The molecule has 0 radical (unpaired) electrons. The minimum atomic E-state index is -0.736. The summed E-state index contributed by atoms with van der Waals surface area (Å²) in [6.45, 7) is 8.63. The Kier molecular flexibility index (Phi) is 5.35. The minimum Gasteiger partial charge on any atom is -0.388 e. The largest absolute Gasteiger partial charge is 0.388 e. The molecule has 0 spiro atoms. The summed E-state index contributed by atoms with van der Waals surface area (Å²) in [6.07, 6.45) is 0.865. The number of aliphatic hydroxyl groups excluding tert-OH is 1. The summed E-state index contributed by atoms with van der Waals surface area (Å²) in [5, 5.41) is 10.1. The average molecular weight is 317 g/mol. The van der Waals surface area contributed by atoms with Crippen LogP contribution in [-0.2, 0) is 0 Å². The highest BCUT2D eigenvalue weighted by molar-refractivity contribution is 9.10. The average Bonchev–Trinajstić information content (AvgIpc) is 2.18. The summed E-state index contributed by atoms with van der Waals surface area (Å²) in [4.78, 5) is 0. The first-order valence-electron chi connectivity index (χ1n) is 6.32. The zero-order valence-corrected chi connectivity index (χ0v) is 13.1. The van der Waals surface area contributed by atoms with E-state index in [1.807, 2.05) is 0 Å². The molecular weight excluding hydrogens is 295 g/mol. The van der Waals surface area contributed by atoms with E-state index >= 15 is 0 Å². The lowest BCUT2D eigenvalue weighted by molar-refractivity contribution is 0.130. The van der Waals surface area contributed by atoms with Crippen LogP contribution in [-0.4, -0.2) is 5.11 Å². The van der Waals surface area contributed by atoms with E-state index in [1.165, 1.54) is 0 Å². The Bertz CT molecular complexity index is 398. The smallest absolute Gasteiger partial charge is 0.143 e. The summed E-state index contributed by atoms with van der Waals surface area (Å²) in [6, 6.07) is 5.04. The zero-order chi connectivity index (χ0) is 13.9. The summed E-state index contributed by atoms with van der Waals surface area (Å²) in [5.74, 6) is 0.00587. The fourth-order valence-electron chi connectivity index (χ4n) is 2.41. The maximum Gasteiger partial charge on any atom is 0.143 e. The number of benzene rings is 1. The van der Waals surface area contributed by atoms with Gasteiger partial charge in [-0.2, -0.15) is 0 Å². The minimum absolute atomic E-state index is 0.231. The topological polar surface area (TPSA) is 20.2 Å². The van der Waals surface area contributed by atoms with Crippen molar-refractivity contribution in [3.63, 3.8) is 0 Å². The van der Waals surface area contributed by atoms with Gasteiger partial charge in [0.15, 0.2) is 0 Å². The van der Waals surface area contributed by atoms with Crippen molar-refractivity contribution >= 4 is 15.9 Å². The molecule has 2 atom stereocenters. The van der Waals surface area contributed by atoms with Crippen molar-refractivity contribution in [3.05, 3.63) is 34.1 Å². The molecule has 1 N–H and O–H groups in total. The number of halogens is 2. The van der Waals surface area contributed by atoms with Crippen LogP contribution in [0.2, 0.25) is 0 Å². The lowest BCUT2D eigenvalue weighted by atomic mass is 9.82. The van der Waals surface area contributed by atoms with Crippen molar-refractivity contribution in [2.75, 3.05) is 0 Å². The molecule has 0 aliphatic heterocycles. The van der Waals surface area contributed by atoms with Crippen molar-refractivity contribution in [1.29, 1.82) is 0 Å². The predicted molar refractivity (Wildman–Crippen MR) is 76.9 cm³/mol. The van der Waals surface area contributed by atoms with Crippen LogP contribution in [0.1, 0.15) is 52.2 Å². The second-order valence-electron chi connectivity index (χ2n) is 6.26. The Morgan fingerprint density at radius 3 is 2.50 bits per heavy atom. The van der Waals surface area contributed by atoms with Crippen molar-refractivity contribution in [3.8, 4) is 0 Å². The number of hydrogen-bond donors (Lipinski definition) is 1. The van der Waals surface area contributed by atoms with Gasteiger partial charge >= 0.3 is 0 Å². The maximum atomic E-state index is 13.8. The van der Waals surface area contributed by atoms with Gasteiger partial charge in [-0.05, 0) is 46.2 Å². The Hall–Kier alpha value is -0.410. The molecule has 0 aliphatic rings. The summed E-state index contributed by atoms with van der Waals surface area (Å²) >= 11 is 3.14. The van der Waals surface area contributed by atoms with Crippen LogP contribution in [0.15, 0.2) is 22.7 Å². The Balaban J connectivity index is 2.71. The first-order valence-corrected chi connectivity index (χ1v) is 7.12. The molecule has 0 aromatic heterocycles. The lowest BCUT2D eigenvalue weighted by Crippen LogP contribution is -2.14. The molecule has 1 nitrogen and oxygen atoms in total. The summed E-state index contributed by atoms with van der Waals surface area (Å²) in [5.41, 5.74) is 0.611. The van der Waals surface area contributed by atoms with Crippen LogP contribution >= 0.6 is 15.9 Å². The second-order valence-corrected chi connectivity index (χ2v) is 7.12. The van der Waals surface area contributed by atoms with E-state index < -0.39 is 6.10 Å². The third-order valence-electron chi connectivity index (χ3n) is 2.93. The van der Waals surface area contributed by atoms with Crippen LogP contribution in [0.5, 0.6) is 0 Å². The molecule has 0 amide bonds. The van der Waals surface area contributed by atoms with Gasteiger partial charge in [-0.25, -0.2) is 4.39 Å². The summed E-state index contributed by atoms with van der Waals surface area (Å²) < 4.78 is 14.2. The molecule has 18 heavy (non-hydrogen) atoms. The quantitative estimate of drug-likeness (QED) is 0.820. The van der Waals surface area contributed by atoms with Crippen LogP contribution in [0.25, 0.3) is 0 Å². The third kappa shape index (κ3) is 4.69. The SMILES string of the molecule is CC(CC(O)c1cccc(Br)c1F)CC(C)(C)C. The Morgan fingerprint density at radius 1 is 1.33 bits per heavy atom. The highest BCUT2D eigenvalue weighted by Gasteiger charge is 2.21. The van der Waals surface area contributed by atoms with Crippen LogP contribution in [0.4, 0.5) is 4.39 Å². The zero-order valence-electron chi connectivity index (χ0n) is 11.5. The molecular formula is C15H22BrFO. The molecule has 0 saturated carbocycles. The number of aliphatic hydroxyl groups is 1. The predicted octanol–water partition coefficient (Wildman–Crippen LogP) is 5.08. The van der Waals surface area contributed by atoms with Gasteiger partial charge in [0.1, 0.15) is 5.82 Å². The third-order valence-corrected chi connectivity index (χ3v) is 3.54. The molecule has 0 saturated heterocycles. The Morgan fingerprint density at radius 2 is 1.94 bits per heavy atom. The fourth-order valence-corrected chi connectivity index (χ4v) is 2.80. The maximum absolute atomic E-state index is 13.8. The van der Waals surface area contributed by atoms with Gasteiger partial charge in [0, 0.05) is 5.56 Å². The van der Waals surface area contributed by atoms with Crippen molar-refractivity contribution in [2.24, 2.45) is 11.3 Å². The van der Waals surface area contributed by atoms with Gasteiger partial charge in [-0.1, -0.05) is 39.8 Å². The molecule has 3 heteroatoms. The van der Waals surface area contributed by atoms with E-state index in [0.29, 0.717) is 22.4 Å². The van der Waals surface area contributed by atoms with E-state index in [4.69, 9.17) is 0 Å². The highest BCUT2D eigenvalue weighted by atomic mass is 79.9. The molecule has 0 fully saturated rings. The second kappa shape index (κ2) is 6.16. The standard InChI is InChI=1S/C15H22BrFO/c1-10(9-15(2,3)4)8-13(18)11-6-5-7-12(16)14(11)17/h5-7,10,13,18H,8-9H2,1-4H3. The van der Waals surface area contributed by atoms with E-state index in [9.17, 15) is 9.50 Å². The molecule has 0 heterocycles. The molecule has 1 aromatic rings. The number of hydrogen-bond acceptors (Lipinski definition) is 1. The molecule has 0 bridgehead atoms. The van der Waals surface area contributed by atoms with E-state index in [2.05, 4.69) is 43.6 Å². The van der Waals surface area contributed by atoms with Gasteiger partial charge in [0.2, 0.25) is 0 Å². The molecule has 2 unspecified atom stereocenters. The first-order chi connectivity index (χ1) is 8.20. The van der Waals surface area contributed by atoms with E-state index in [-0.39, 0.29) is 11.2 Å². The molecule has 1 aromatic carbocycles. The first kappa shape index (κ1) is 15.6. The fraction of sp³-hybridized carbons (Fsp3) is 0.600. The molecule has 1 rings (SSSR count). The Labute approximate surface area is 118 Å². The molecule has 102 valence electrons. The van der Waals surface area contributed by atoms with Crippen LogP contribution in [0, 0.1) is 17.2 Å². The van der Waals surface area contributed by atoms with E-state index in [0.717, 1.165) is 6.42 Å². The van der Waals surface area contributed by atoms with E-state index in [1.54, 1.807) is 18.2 Å². The molecule has 0 aliphatic carbocycles. The van der Waals surface area contributed by atoms with Gasteiger partial charge in [0.05, 0.1) is 10.6 Å². The normalized spacial score (nSPS) is 15.5. The number of rotatable bonds is 4. The van der Waals surface area contributed by atoms with Crippen molar-refractivity contribution < 1.29 is 9.50 Å². The van der Waals surface area contributed by atoms with Crippen LogP contribution < -0.4 is 0 Å². The summed E-state index contributed by atoms with van der Waals surface area (Å²) in [7, 11) is 0. The monoisotopic (exact) mass is 316 g/mol. The van der Waals surface area contributed by atoms with Crippen LogP contribution in [0.3, 0.4) is 0 Å². The van der Waals surface area contributed by atoms with Crippen molar-refractivity contribution in [2.45, 2.75) is 46.6 Å². The van der Waals surface area contributed by atoms with Crippen molar-refractivity contribution in [1.82, 2.24) is 0 Å². The van der Waals surface area contributed by atoms with Gasteiger partial charge < -0.3 is 5.11 Å². The highest BCUT2D eigenvalue weighted by Crippen LogP contribution is 2.32. The van der Waals surface area contributed by atoms with Gasteiger partial charge in [-0.3, -0.25) is 0 Å². The lowest BCUT2D eigenvalue weighted by Gasteiger charge is -2.25. The van der Waals surface area contributed by atoms with Gasteiger partial charge in [0.25, 0.3) is 0 Å².